The van der Waals surface area contributed by atoms with E-state index >= 15 is 0 Å². The average Bonchev–Trinajstić information content (AvgIpc) is 2.82. The first kappa shape index (κ1) is 14.9. The molecule has 0 spiro atoms. The van der Waals surface area contributed by atoms with Crippen molar-refractivity contribution in [2.75, 3.05) is 11.5 Å². The fraction of sp³-hybridized carbons (Fsp3) is 0.467. The summed E-state index contributed by atoms with van der Waals surface area (Å²) in [5.74, 6) is 2.08. The Labute approximate surface area is 123 Å². The molecule has 1 N–H and O–H groups in total. The van der Waals surface area contributed by atoms with Crippen LogP contribution < -0.4 is 0 Å². The molecule has 0 bridgehead atoms. The van der Waals surface area contributed by atoms with Crippen molar-refractivity contribution in [3.05, 3.63) is 29.6 Å². The Morgan fingerprint density at radius 3 is 2.80 bits per heavy atom. The summed E-state index contributed by atoms with van der Waals surface area (Å²) in [5.41, 5.74) is 1.86. The lowest BCUT2D eigenvalue weighted by Crippen LogP contribution is -2.13. The van der Waals surface area contributed by atoms with Crippen molar-refractivity contribution >= 4 is 28.8 Å². The second-order valence-electron chi connectivity index (χ2n) is 4.74. The summed E-state index contributed by atoms with van der Waals surface area (Å²) in [7, 11) is 0. The Hall–Kier alpha value is -1.49. The van der Waals surface area contributed by atoms with Crippen molar-refractivity contribution in [3.8, 4) is 0 Å². The van der Waals surface area contributed by atoms with Crippen LogP contribution in [0.5, 0.6) is 0 Å². The lowest BCUT2D eigenvalue weighted by atomic mass is 10.1. The summed E-state index contributed by atoms with van der Waals surface area (Å²) in [6.45, 7) is 6.31. The molecule has 1 heterocycles. The van der Waals surface area contributed by atoms with Gasteiger partial charge in [0.15, 0.2) is 0 Å². The highest BCUT2D eigenvalue weighted by Crippen LogP contribution is 2.27. The Bertz CT molecular complexity index is 622. The summed E-state index contributed by atoms with van der Waals surface area (Å²) >= 11 is 1.86. The normalized spacial score (nSPS) is 12.8. The third-order valence-electron chi connectivity index (χ3n) is 3.33. The molecule has 0 radical (unpaired) electrons. The Morgan fingerprint density at radius 1 is 1.45 bits per heavy atom. The van der Waals surface area contributed by atoms with Gasteiger partial charge in [-0.2, -0.15) is 11.8 Å². The number of benzene rings is 1. The van der Waals surface area contributed by atoms with E-state index in [2.05, 4.69) is 30.3 Å². The van der Waals surface area contributed by atoms with Gasteiger partial charge < -0.3 is 9.67 Å². The molecule has 0 saturated heterocycles. The van der Waals surface area contributed by atoms with Crippen LogP contribution >= 0.6 is 11.8 Å². The minimum Gasteiger partial charge on any atom is -0.478 e. The summed E-state index contributed by atoms with van der Waals surface area (Å²) in [6.07, 6.45) is 0.800. The number of para-hydroxylation sites is 1. The molecule has 108 valence electrons. The third-order valence-corrected chi connectivity index (χ3v) is 4.46. The first-order valence-electron chi connectivity index (χ1n) is 6.91. The number of aromatic carboxylic acids is 1. The topological polar surface area (TPSA) is 55.1 Å². The predicted octanol–water partition coefficient (Wildman–Crippen LogP) is 3.61. The molecule has 0 saturated carbocycles. The smallest absolute Gasteiger partial charge is 0.337 e. The van der Waals surface area contributed by atoms with Gasteiger partial charge >= 0.3 is 5.97 Å². The number of hydrogen-bond acceptors (Lipinski definition) is 3. The third kappa shape index (κ3) is 2.68. The monoisotopic (exact) mass is 292 g/mol. The number of carboxylic acids is 1. The first-order valence-corrected chi connectivity index (χ1v) is 8.06. The van der Waals surface area contributed by atoms with Crippen molar-refractivity contribution in [2.24, 2.45) is 0 Å². The molecule has 4 nitrogen and oxygen atoms in total. The predicted molar refractivity (Wildman–Crippen MR) is 83.8 cm³/mol. The lowest BCUT2D eigenvalue weighted by Gasteiger charge is -2.17. The van der Waals surface area contributed by atoms with E-state index in [1.165, 1.54) is 0 Å². The molecule has 0 fully saturated rings. The molecule has 0 aliphatic carbocycles. The van der Waals surface area contributed by atoms with E-state index < -0.39 is 5.97 Å². The summed E-state index contributed by atoms with van der Waals surface area (Å²) in [4.78, 5) is 16.0. The molecule has 0 aliphatic rings. The first-order chi connectivity index (χ1) is 9.60. The van der Waals surface area contributed by atoms with E-state index in [-0.39, 0.29) is 6.04 Å². The molecule has 1 atom stereocenters. The highest BCUT2D eigenvalue weighted by Gasteiger charge is 2.19. The summed E-state index contributed by atoms with van der Waals surface area (Å²) < 4.78 is 2.10. The highest BCUT2D eigenvalue weighted by molar-refractivity contribution is 7.99. The van der Waals surface area contributed by atoms with Crippen LogP contribution in [0.25, 0.3) is 11.0 Å². The molecule has 0 aliphatic heterocycles. The van der Waals surface area contributed by atoms with Crippen LogP contribution in [-0.4, -0.2) is 32.1 Å². The number of hydrogen-bond donors (Lipinski definition) is 1. The molecule has 2 rings (SSSR count). The van der Waals surface area contributed by atoms with Crippen LogP contribution in [0.4, 0.5) is 0 Å². The van der Waals surface area contributed by atoms with Crippen molar-refractivity contribution in [3.63, 3.8) is 0 Å². The van der Waals surface area contributed by atoms with Crippen molar-refractivity contribution in [1.82, 2.24) is 9.55 Å². The molecule has 20 heavy (non-hydrogen) atoms. The zero-order valence-corrected chi connectivity index (χ0v) is 12.9. The number of carboxylic acid groups (broad SMARTS) is 1. The van der Waals surface area contributed by atoms with Gasteiger partial charge in [-0.05, 0) is 24.8 Å². The van der Waals surface area contributed by atoms with Gasteiger partial charge in [0.25, 0.3) is 0 Å². The van der Waals surface area contributed by atoms with Crippen LogP contribution in [0.2, 0.25) is 0 Å². The largest absolute Gasteiger partial charge is 0.478 e. The van der Waals surface area contributed by atoms with Gasteiger partial charge in [-0.15, -0.1) is 0 Å². The van der Waals surface area contributed by atoms with E-state index in [4.69, 9.17) is 0 Å². The molecular formula is C15H20N2O2S. The van der Waals surface area contributed by atoms with Crippen molar-refractivity contribution in [2.45, 2.75) is 33.2 Å². The number of carbonyl (C=O) groups is 1. The van der Waals surface area contributed by atoms with E-state index in [1.807, 2.05) is 17.8 Å². The zero-order valence-electron chi connectivity index (χ0n) is 12.1. The van der Waals surface area contributed by atoms with Crippen LogP contribution in [0.15, 0.2) is 18.2 Å². The summed E-state index contributed by atoms with van der Waals surface area (Å²) in [6, 6.07) is 5.54. The molecule has 1 aromatic carbocycles. The van der Waals surface area contributed by atoms with Crippen molar-refractivity contribution in [1.29, 1.82) is 0 Å². The molecule has 5 heteroatoms. The van der Waals surface area contributed by atoms with Gasteiger partial charge in [0.05, 0.1) is 16.6 Å². The standard InChI is InChI=1S/C15H20N2O2S/c1-4-13-16-12-8-6-7-11(15(18)19)14(12)17(13)10(3)9-20-5-2/h6-8,10H,4-5,9H2,1-3H3,(H,18,19). The van der Waals surface area contributed by atoms with Gasteiger partial charge in [-0.25, -0.2) is 9.78 Å². The number of rotatable bonds is 6. The van der Waals surface area contributed by atoms with Gasteiger partial charge in [-0.1, -0.05) is 19.9 Å². The van der Waals surface area contributed by atoms with Crippen LogP contribution in [-0.2, 0) is 6.42 Å². The van der Waals surface area contributed by atoms with Gasteiger partial charge in [0, 0.05) is 18.2 Å². The Balaban J connectivity index is 2.62. The minimum atomic E-state index is -0.894. The number of aryl methyl sites for hydroxylation is 1. The molecule has 0 amide bonds. The van der Waals surface area contributed by atoms with Gasteiger partial charge in [0.1, 0.15) is 5.82 Å². The molecule has 1 unspecified atom stereocenters. The van der Waals surface area contributed by atoms with E-state index in [1.54, 1.807) is 12.1 Å². The fourth-order valence-electron chi connectivity index (χ4n) is 2.46. The zero-order chi connectivity index (χ0) is 14.7. The van der Waals surface area contributed by atoms with Crippen molar-refractivity contribution < 1.29 is 9.90 Å². The number of fused-ring (bicyclic) bond motifs is 1. The highest BCUT2D eigenvalue weighted by atomic mass is 32.2. The fourth-order valence-corrected chi connectivity index (χ4v) is 3.18. The molecule has 2 aromatic rings. The van der Waals surface area contributed by atoms with Gasteiger partial charge in [-0.3, -0.25) is 0 Å². The summed E-state index contributed by atoms with van der Waals surface area (Å²) in [5, 5.41) is 9.40. The maximum absolute atomic E-state index is 11.5. The van der Waals surface area contributed by atoms with Crippen LogP contribution in [0, 0.1) is 0 Å². The van der Waals surface area contributed by atoms with Crippen LogP contribution in [0.3, 0.4) is 0 Å². The number of nitrogens with zero attached hydrogens (tertiary/aromatic N) is 2. The lowest BCUT2D eigenvalue weighted by molar-refractivity contribution is 0.0698. The molecule has 1 aromatic heterocycles. The van der Waals surface area contributed by atoms with Gasteiger partial charge in [0.2, 0.25) is 0 Å². The van der Waals surface area contributed by atoms with E-state index in [9.17, 15) is 9.90 Å². The SMILES string of the molecule is CCSCC(C)n1c(CC)nc2cccc(C(=O)O)c21. The quantitative estimate of drug-likeness (QED) is 0.883. The number of imidazole rings is 1. The Kier molecular flexibility index (Phi) is 4.70. The average molecular weight is 292 g/mol. The maximum Gasteiger partial charge on any atom is 0.337 e. The van der Waals surface area contributed by atoms with E-state index in [0.29, 0.717) is 5.56 Å². The number of thioether (sulfide) groups is 1. The number of aromatic nitrogens is 2. The van der Waals surface area contributed by atoms with Crippen LogP contribution in [0.1, 0.15) is 43.0 Å². The Morgan fingerprint density at radius 2 is 2.20 bits per heavy atom. The molecular weight excluding hydrogens is 272 g/mol. The second kappa shape index (κ2) is 6.31. The van der Waals surface area contributed by atoms with E-state index in [0.717, 1.165) is 34.8 Å². The second-order valence-corrected chi connectivity index (χ2v) is 6.06. The minimum absolute atomic E-state index is 0.236. The maximum atomic E-state index is 11.5.